The highest BCUT2D eigenvalue weighted by Gasteiger charge is 2.27. The van der Waals surface area contributed by atoms with Crippen molar-refractivity contribution >= 4 is 16.7 Å². The summed E-state index contributed by atoms with van der Waals surface area (Å²) in [5.74, 6) is 3.05. The Morgan fingerprint density at radius 3 is 2.69 bits per heavy atom. The quantitative estimate of drug-likeness (QED) is 0.612. The first-order valence-corrected chi connectivity index (χ1v) is 11.5. The lowest BCUT2D eigenvalue weighted by atomic mass is 10.0. The second-order valence-electron chi connectivity index (χ2n) is 8.76. The summed E-state index contributed by atoms with van der Waals surface area (Å²) in [6.07, 6.45) is 1.29. The zero-order chi connectivity index (χ0) is 22.7. The summed E-state index contributed by atoms with van der Waals surface area (Å²) in [6, 6.07) is 12.5. The van der Waals surface area contributed by atoms with Crippen LogP contribution in [-0.4, -0.2) is 45.8 Å². The first-order valence-electron chi connectivity index (χ1n) is 11.5. The Balaban J connectivity index is 1.56. The van der Waals surface area contributed by atoms with E-state index in [1.54, 1.807) is 7.11 Å². The highest BCUT2D eigenvalue weighted by molar-refractivity contribution is 5.87. The van der Waals surface area contributed by atoms with Crippen molar-refractivity contribution in [3.63, 3.8) is 0 Å². The lowest BCUT2D eigenvalue weighted by Gasteiger charge is -2.24. The van der Waals surface area contributed by atoms with Crippen LogP contribution in [0.15, 0.2) is 36.4 Å². The molecule has 3 aromatic rings. The third-order valence-electron chi connectivity index (χ3n) is 6.33. The van der Waals surface area contributed by atoms with Gasteiger partial charge in [0.1, 0.15) is 11.6 Å². The Morgan fingerprint density at radius 1 is 1.12 bits per heavy atom. The average Bonchev–Trinajstić information content (AvgIpc) is 3.10. The van der Waals surface area contributed by atoms with Crippen LogP contribution in [0.25, 0.3) is 10.8 Å². The molecule has 2 aromatic carbocycles. The number of nitrogens with one attached hydrogen (secondary N) is 1. The lowest BCUT2D eigenvalue weighted by Crippen LogP contribution is -2.34. The number of hydrogen-bond acceptors (Lipinski definition) is 5. The highest BCUT2D eigenvalue weighted by Crippen LogP contribution is 2.30. The number of hydrogen-bond donors (Lipinski definition) is 1. The minimum atomic E-state index is -0.131. The first-order chi connectivity index (χ1) is 15.5. The van der Waals surface area contributed by atoms with Gasteiger partial charge >= 0.3 is 0 Å². The van der Waals surface area contributed by atoms with E-state index < -0.39 is 0 Å². The predicted octanol–water partition coefficient (Wildman–Crippen LogP) is 3.72. The second kappa shape index (κ2) is 9.69. The van der Waals surface area contributed by atoms with Gasteiger partial charge in [0.25, 0.3) is 0 Å². The van der Waals surface area contributed by atoms with E-state index in [1.165, 1.54) is 16.3 Å². The van der Waals surface area contributed by atoms with Crippen molar-refractivity contribution in [2.45, 2.75) is 52.7 Å². The Kier molecular flexibility index (Phi) is 6.74. The van der Waals surface area contributed by atoms with Gasteiger partial charge in [0.05, 0.1) is 13.2 Å². The zero-order valence-electron chi connectivity index (χ0n) is 19.5. The van der Waals surface area contributed by atoms with Crippen LogP contribution in [-0.2, 0) is 24.3 Å². The largest absolute Gasteiger partial charge is 0.496 e. The summed E-state index contributed by atoms with van der Waals surface area (Å²) in [5.41, 5.74) is 1.22. The van der Waals surface area contributed by atoms with E-state index in [9.17, 15) is 4.79 Å². The normalized spacial score (nSPS) is 15.4. The molecule has 1 aliphatic rings. The van der Waals surface area contributed by atoms with E-state index in [0.29, 0.717) is 6.42 Å². The molecule has 1 atom stereocenters. The van der Waals surface area contributed by atoms with Gasteiger partial charge in [-0.3, -0.25) is 9.69 Å². The molecule has 0 fully saturated rings. The molecule has 1 unspecified atom stereocenters. The Bertz CT molecular complexity index is 1090. The standard InChI is InChI=1S/C25H33N5O2/c1-5-23(31)26-24(17(2)3)25-28-27-22-12-13-29(14-15-30(22)25)16-20-19-9-7-6-8-18(19)10-11-21(20)32-4/h6-11,17,24H,5,12-16H2,1-4H3,(H,26,31). The van der Waals surface area contributed by atoms with Crippen molar-refractivity contribution in [1.82, 2.24) is 25.0 Å². The molecule has 0 bridgehead atoms. The average molecular weight is 436 g/mol. The van der Waals surface area contributed by atoms with Crippen LogP contribution in [0.5, 0.6) is 5.75 Å². The fraction of sp³-hybridized carbons (Fsp3) is 0.480. The number of carbonyl (C=O) groups is 1. The van der Waals surface area contributed by atoms with Crippen molar-refractivity contribution in [3.8, 4) is 5.75 Å². The maximum absolute atomic E-state index is 12.1. The van der Waals surface area contributed by atoms with Crippen LogP contribution in [0.3, 0.4) is 0 Å². The van der Waals surface area contributed by atoms with Crippen LogP contribution in [0.4, 0.5) is 0 Å². The summed E-state index contributed by atoms with van der Waals surface area (Å²) in [5, 5.41) is 14.6. The number of amides is 1. The van der Waals surface area contributed by atoms with Gasteiger partial charge in [0.15, 0.2) is 5.82 Å². The summed E-state index contributed by atoms with van der Waals surface area (Å²) in [6.45, 7) is 9.50. The molecule has 7 heteroatoms. The molecule has 170 valence electrons. The molecule has 4 rings (SSSR count). The summed E-state index contributed by atoms with van der Waals surface area (Å²) >= 11 is 0. The molecule has 32 heavy (non-hydrogen) atoms. The van der Waals surface area contributed by atoms with Gasteiger partial charge in [0.2, 0.25) is 5.91 Å². The van der Waals surface area contributed by atoms with Gasteiger partial charge in [-0.1, -0.05) is 51.1 Å². The topological polar surface area (TPSA) is 72.3 Å². The van der Waals surface area contributed by atoms with Crippen LogP contribution >= 0.6 is 0 Å². The number of ether oxygens (including phenoxy) is 1. The minimum Gasteiger partial charge on any atom is -0.496 e. The summed E-state index contributed by atoms with van der Waals surface area (Å²) in [4.78, 5) is 14.5. The minimum absolute atomic E-state index is 0.0411. The Morgan fingerprint density at radius 2 is 1.94 bits per heavy atom. The number of fused-ring (bicyclic) bond motifs is 2. The summed E-state index contributed by atoms with van der Waals surface area (Å²) in [7, 11) is 1.74. The maximum atomic E-state index is 12.1. The van der Waals surface area contributed by atoms with Crippen LogP contribution in [0.2, 0.25) is 0 Å². The smallest absolute Gasteiger partial charge is 0.220 e. The zero-order valence-corrected chi connectivity index (χ0v) is 19.5. The second-order valence-corrected chi connectivity index (χ2v) is 8.76. The van der Waals surface area contributed by atoms with Crippen LogP contribution in [0.1, 0.15) is 50.4 Å². The molecule has 1 N–H and O–H groups in total. The highest BCUT2D eigenvalue weighted by atomic mass is 16.5. The molecule has 2 heterocycles. The van der Waals surface area contributed by atoms with E-state index >= 15 is 0 Å². The maximum Gasteiger partial charge on any atom is 0.220 e. The van der Waals surface area contributed by atoms with Gasteiger partial charge in [-0.05, 0) is 22.8 Å². The molecule has 0 saturated carbocycles. The van der Waals surface area contributed by atoms with Crippen molar-refractivity contribution in [3.05, 3.63) is 53.6 Å². The van der Waals surface area contributed by atoms with Gasteiger partial charge < -0.3 is 14.6 Å². The fourth-order valence-electron chi connectivity index (χ4n) is 4.48. The summed E-state index contributed by atoms with van der Waals surface area (Å²) < 4.78 is 7.91. The molecule has 1 aromatic heterocycles. The third kappa shape index (κ3) is 4.48. The molecule has 0 spiro atoms. The lowest BCUT2D eigenvalue weighted by molar-refractivity contribution is -0.121. The molecule has 0 radical (unpaired) electrons. The van der Waals surface area contributed by atoms with Gasteiger partial charge in [-0.2, -0.15) is 0 Å². The number of methoxy groups -OCH3 is 1. The predicted molar refractivity (Wildman–Crippen MR) is 126 cm³/mol. The van der Waals surface area contributed by atoms with Crippen molar-refractivity contribution in [2.24, 2.45) is 5.92 Å². The SMILES string of the molecule is CCC(=O)NC(c1nnc2n1CCN(Cc1c(OC)ccc3ccccc13)CC2)C(C)C. The van der Waals surface area contributed by atoms with Crippen molar-refractivity contribution in [1.29, 1.82) is 0 Å². The van der Waals surface area contributed by atoms with Crippen molar-refractivity contribution in [2.75, 3.05) is 20.2 Å². The Labute approximate surface area is 189 Å². The Hall–Kier alpha value is -2.93. The number of benzene rings is 2. The van der Waals surface area contributed by atoms with E-state index in [1.807, 2.05) is 6.92 Å². The van der Waals surface area contributed by atoms with E-state index in [4.69, 9.17) is 4.74 Å². The monoisotopic (exact) mass is 435 g/mol. The van der Waals surface area contributed by atoms with Crippen LogP contribution < -0.4 is 10.1 Å². The van der Waals surface area contributed by atoms with Crippen molar-refractivity contribution < 1.29 is 9.53 Å². The van der Waals surface area contributed by atoms with Gasteiger partial charge in [-0.15, -0.1) is 10.2 Å². The van der Waals surface area contributed by atoms with Gasteiger partial charge in [0, 0.05) is 44.6 Å². The molecule has 1 aliphatic heterocycles. The number of nitrogens with zero attached hydrogens (tertiary/aromatic N) is 4. The van der Waals surface area contributed by atoms with E-state index in [-0.39, 0.29) is 17.9 Å². The van der Waals surface area contributed by atoms with E-state index in [2.05, 4.69) is 75.2 Å². The number of carbonyl (C=O) groups excluding carboxylic acids is 1. The molecule has 7 nitrogen and oxygen atoms in total. The first kappa shape index (κ1) is 22.3. The molecule has 0 aliphatic carbocycles. The number of aromatic nitrogens is 3. The fourth-order valence-corrected chi connectivity index (χ4v) is 4.48. The number of rotatable bonds is 7. The molecule has 0 saturated heterocycles. The van der Waals surface area contributed by atoms with Gasteiger partial charge in [-0.25, -0.2) is 0 Å². The molecular formula is C25H33N5O2. The van der Waals surface area contributed by atoms with E-state index in [0.717, 1.165) is 50.0 Å². The van der Waals surface area contributed by atoms with Crippen LogP contribution in [0, 0.1) is 5.92 Å². The third-order valence-corrected chi connectivity index (χ3v) is 6.33. The molecule has 1 amide bonds. The molecular weight excluding hydrogens is 402 g/mol.